The smallest absolute Gasteiger partial charge is 0.146 e. The first-order chi connectivity index (χ1) is 7.38. The van der Waals surface area contributed by atoms with E-state index in [1.165, 1.54) is 12.1 Å². The number of anilines is 1. The Kier molecular flexibility index (Phi) is 4.56. The molecule has 0 unspecified atom stereocenters. The molecule has 0 radical (unpaired) electrons. The van der Waals surface area contributed by atoms with Crippen LogP contribution in [0.3, 0.4) is 0 Å². The molecule has 0 heterocycles. The lowest BCUT2D eigenvalue weighted by Crippen LogP contribution is -2.38. The number of rotatable bonds is 4. The molecule has 0 aromatic heterocycles. The standard InChI is InChI=1S/C12H18ClFN2/c1-12(2,3)16-7-6-15-11-8-9(13)4-5-10(11)14/h4-5,8,15-16H,6-7H2,1-3H3. The van der Waals surface area contributed by atoms with Crippen molar-refractivity contribution in [3.63, 3.8) is 0 Å². The van der Waals surface area contributed by atoms with Gasteiger partial charge in [-0.05, 0) is 39.0 Å². The third-order valence-electron chi connectivity index (χ3n) is 2.02. The molecule has 0 aliphatic rings. The van der Waals surface area contributed by atoms with Gasteiger partial charge in [-0.25, -0.2) is 4.39 Å². The largest absolute Gasteiger partial charge is 0.381 e. The molecule has 2 nitrogen and oxygen atoms in total. The molecule has 0 saturated heterocycles. The minimum Gasteiger partial charge on any atom is -0.381 e. The molecule has 90 valence electrons. The van der Waals surface area contributed by atoms with Crippen LogP contribution in [-0.4, -0.2) is 18.6 Å². The molecule has 0 aliphatic carbocycles. The number of halogens is 2. The molecule has 1 aromatic rings. The fraction of sp³-hybridized carbons (Fsp3) is 0.500. The maximum absolute atomic E-state index is 13.3. The van der Waals surface area contributed by atoms with E-state index in [0.717, 1.165) is 6.54 Å². The van der Waals surface area contributed by atoms with E-state index in [9.17, 15) is 4.39 Å². The zero-order chi connectivity index (χ0) is 12.2. The molecule has 16 heavy (non-hydrogen) atoms. The summed E-state index contributed by atoms with van der Waals surface area (Å²) < 4.78 is 13.3. The van der Waals surface area contributed by atoms with Crippen LogP contribution in [0, 0.1) is 5.82 Å². The summed E-state index contributed by atoms with van der Waals surface area (Å²) in [5, 5.41) is 6.85. The summed E-state index contributed by atoms with van der Waals surface area (Å²) in [6.45, 7) is 7.71. The molecule has 1 rings (SSSR count). The lowest BCUT2D eigenvalue weighted by molar-refractivity contribution is 0.435. The van der Waals surface area contributed by atoms with Gasteiger partial charge in [-0.3, -0.25) is 0 Å². The van der Waals surface area contributed by atoms with Gasteiger partial charge in [0, 0.05) is 23.7 Å². The Labute approximate surface area is 101 Å². The molecular formula is C12H18ClFN2. The van der Waals surface area contributed by atoms with Gasteiger partial charge >= 0.3 is 0 Å². The molecule has 0 bridgehead atoms. The van der Waals surface area contributed by atoms with Gasteiger partial charge in [-0.15, -0.1) is 0 Å². The number of benzene rings is 1. The van der Waals surface area contributed by atoms with Crippen LogP contribution in [0.5, 0.6) is 0 Å². The van der Waals surface area contributed by atoms with Crippen LogP contribution in [0.2, 0.25) is 5.02 Å². The maximum atomic E-state index is 13.3. The summed E-state index contributed by atoms with van der Waals surface area (Å²) in [4.78, 5) is 0. The van der Waals surface area contributed by atoms with Crippen LogP contribution in [0.15, 0.2) is 18.2 Å². The van der Waals surface area contributed by atoms with Crippen molar-refractivity contribution in [3.8, 4) is 0 Å². The SMILES string of the molecule is CC(C)(C)NCCNc1cc(Cl)ccc1F. The van der Waals surface area contributed by atoms with Crippen molar-refractivity contribution in [2.75, 3.05) is 18.4 Å². The maximum Gasteiger partial charge on any atom is 0.146 e. The van der Waals surface area contributed by atoms with Crippen molar-refractivity contribution in [2.45, 2.75) is 26.3 Å². The zero-order valence-electron chi connectivity index (χ0n) is 9.90. The van der Waals surface area contributed by atoms with E-state index < -0.39 is 0 Å². The Bertz CT molecular complexity index is 347. The highest BCUT2D eigenvalue weighted by Crippen LogP contribution is 2.18. The van der Waals surface area contributed by atoms with E-state index in [1.807, 2.05) is 0 Å². The van der Waals surface area contributed by atoms with Crippen molar-refractivity contribution in [2.24, 2.45) is 0 Å². The van der Waals surface area contributed by atoms with Crippen LogP contribution in [0.1, 0.15) is 20.8 Å². The summed E-state index contributed by atoms with van der Waals surface area (Å²) in [7, 11) is 0. The number of hydrogen-bond acceptors (Lipinski definition) is 2. The number of nitrogens with one attached hydrogen (secondary N) is 2. The molecule has 0 atom stereocenters. The average Bonchev–Trinajstić information content (AvgIpc) is 2.16. The number of hydrogen-bond donors (Lipinski definition) is 2. The van der Waals surface area contributed by atoms with E-state index in [1.54, 1.807) is 6.07 Å². The van der Waals surface area contributed by atoms with Crippen LogP contribution < -0.4 is 10.6 Å². The van der Waals surface area contributed by atoms with Crippen molar-refractivity contribution in [1.82, 2.24) is 5.32 Å². The van der Waals surface area contributed by atoms with Crippen molar-refractivity contribution in [1.29, 1.82) is 0 Å². The Balaban J connectivity index is 2.40. The lowest BCUT2D eigenvalue weighted by atomic mass is 10.1. The molecule has 0 amide bonds. The molecular weight excluding hydrogens is 227 g/mol. The highest BCUT2D eigenvalue weighted by atomic mass is 35.5. The second-order valence-corrected chi connectivity index (χ2v) is 5.16. The minimum absolute atomic E-state index is 0.0779. The first-order valence-electron chi connectivity index (χ1n) is 5.32. The van der Waals surface area contributed by atoms with Crippen LogP contribution >= 0.6 is 11.6 Å². The van der Waals surface area contributed by atoms with Gasteiger partial charge in [-0.1, -0.05) is 11.6 Å². The fourth-order valence-corrected chi connectivity index (χ4v) is 1.44. The van der Waals surface area contributed by atoms with Gasteiger partial charge in [0.1, 0.15) is 5.82 Å². The Hall–Kier alpha value is -0.800. The molecule has 0 saturated carbocycles. The third-order valence-corrected chi connectivity index (χ3v) is 2.26. The van der Waals surface area contributed by atoms with E-state index in [-0.39, 0.29) is 11.4 Å². The van der Waals surface area contributed by atoms with Gasteiger partial charge in [0.25, 0.3) is 0 Å². The average molecular weight is 245 g/mol. The van der Waals surface area contributed by atoms with E-state index in [0.29, 0.717) is 17.3 Å². The summed E-state index contributed by atoms with van der Waals surface area (Å²) >= 11 is 5.78. The van der Waals surface area contributed by atoms with Crippen molar-refractivity contribution < 1.29 is 4.39 Å². The Morgan fingerprint density at radius 3 is 2.56 bits per heavy atom. The molecule has 1 aromatic carbocycles. The first-order valence-corrected chi connectivity index (χ1v) is 5.70. The normalized spacial score (nSPS) is 11.6. The minimum atomic E-state index is -0.278. The van der Waals surface area contributed by atoms with Crippen molar-refractivity contribution >= 4 is 17.3 Å². The highest BCUT2D eigenvalue weighted by molar-refractivity contribution is 6.30. The Morgan fingerprint density at radius 2 is 1.94 bits per heavy atom. The summed E-state index contributed by atoms with van der Waals surface area (Å²) in [6, 6.07) is 4.49. The summed E-state index contributed by atoms with van der Waals surface area (Å²) in [5.74, 6) is -0.278. The van der Waals surface area contributed by atoms with Gasteiger partial charge in [0.2, 0.25) is 0 Å². The summed E-state index contributed by atoms with van der Waals surface area (Å²) in [6.07, 6.45) is 0. The van der Waals surface area contributed by atoms with Gasteiger partial charge < -0.3 is 10.6 Å². The quantitative estimate of drug-likeness (QED) is 0.795. The molecule has 2 N–H and O–H groups in total. The molecule has 0 fully saturated rings. The van der Waals surface area contributed by atoms with Crippen LogP contribution in [-0.2, 0) is 0 Å². The monoisotopic (exact) mass is 244 g/mol. The van der Waals surface area contributed by atoms with Crippen LogP contribution in [0.25, 0.3) is 0 Å². The fourth-order valence-electron chi connectivity index (χ4n) is 1.27. The molecule has 4 heteroatoms. The van der Waals surface area contributed by atoms with Gasteiger partial charge in [0.15, 0.2) is 0 Å². The second-order valence-electron chi connectivity index (χ2n) is 4.73. The van der Waals surface area contributed by atoms with Crippen molar-refractivity contribution in [3.05, 3.63) is 29.0 Å². The molecule has 0 spiro atoms. The predicted molar refractivity (Wildman–Crippen MR) is 67.7 cm³/mol. The Morgan fingerprint density at radius 1 is 1.25 bits per heavy atom. The lowest BCUT2D eigenvalue weighted by Gasteiger charge is -2.20. The topological polar surface area (TPSA) is 24.1 Å². The highest BCUT2D eigenvalue weighted by Gasteiger charge is 2.07. The molecule has 0 aliphatic heterocycles. The van der Waals surface area contributed by atoms with Gasteiger partial charge in [0.05, 0.1) is 5.69 Å². The third kappa shape index (κ3) is 4.81. The second kappa shape index (κ2) is 5.51. The van der Waals surface area contributed by atoms with Gasteiger partial charge in [-0.2, -0.15) is 0 Å². The van der Waals surface area contributed by atoms with E-state index in [4.69, 9.17) is 11.6 Å². The zero-order valence-corrected chi connectivity index (χ0v) is 10.7. The predicted octanol–water partition coefficient (Wildman–Crippen LogP) is 3.28. The van der Waals surface area contributed by atoms with Crippen LogP contribution in [0.4, 0.5) is 10.1 Å². The first kappa shape index (κ1) is 13.3. The van der Waals surface area contributed by atoms with E-state index >= 15 is 0 Å². The van der Waals surface area contributed by atoms with E-state index in [2.05, 4.69) is 31.4 Å². The summed E-state index contributed by atoms with van der Waals surface area (Å²) in [5.41, 5.74) is 0.525.